The van der Waals surface area contributed by atoms with Gasteiger partial charge in [0.2, 0.25) is 5.91 Å². The molecule has 0 bridgehead atoms. The maximum absolute atomic E-state index is 13.0. The largest absolute Gasteiger partial charge is 0.493 e. The van der Waals surface area contributed by atoms with E-state index in [9.17, 15) is 27.6 Å². The molecule has 0 saturated carbocycles. The van der Waals surface area contributed by atoms with Crippen molar-refractivity contribution < 1.29 is 37.0 Å². The molecule has 2 N–H and O–H groups in total. The average Bonchev–Trinajstić information content (AvgIpc) is 2.96. The summed E-state index contributed by atoms with van der Waals surface area (Å²) >= 11 is 0. The smallest absolute Gasteiger partial charge is 0.416 e. The van der Waals surface area contributed by atoms with Crippen LogP contribution in [0.4, 0.5) is 23.7 Å². The predicted octanol–water partition coefficient (Wildman–Crippen LogP) is 3.13. The van der Waals surface area contributed by atoms with Crippen LogP contribution in [0.1, 0.15) is 18.1 Å². The second-order valence-corrected chi connectivity index (χ2v) is 7.14. The van der Waals surface area contributed by atoms with Crippen molar-refractivity contribution in [3.63, 3.8) is 0 Å². The molecular weight excluding hydrogens is 431 g/mol. The molecule has 11 heteroatoms. The van der Waals surface area contributed by atoms with Crippen LogP contribution in [0.5, 0.6) is 11.5 Å². The standard InChI is InChI=1S/C21H20F3N3O5/c1-20(13-6-9-15(31-2)16(10-13)32-3)18(29)27(19(30)26-20)11-17(28)25-14-7-4-12(5-8-14)21(22,23)24/h4-10H,11H2,1-3H3,(H,25,28)(H,26,30)/t20-/m1/s1. The van der Waals surface area contributed by atoms with Crippen LogP contribution in [0, 0.1) is 0 Å². The molecule has 2 aromatic carbocycles. The molecule has 8 nitrogen and oxygen atoms in total. The quantitative estimate of drug-likeness (QED) is 0.658. The highest BCUT2D eigenvalue weighted by Crippen LogP contribution is 2.35. The van der Waals surface area contributed by atoms with Crippen molar-refractivity contribution >= 4 is 23.5 Å². The number of rotatable bonds is 6. The Hall–Kier alpha value is -3.76. The van der Waals surface area contributed by atoms with Gasteiger partial charge < -0.3 is 20.1 Å². The van der Waals surface area contributed by atoms with Crippen LogP contribution >= 0.6 is 0 Å². The second kappa shape index (κ2) is 8.40. The zero-order chi connectivity index (χ0) is 23.7. The summed E-state index contributed by atoms with van der Waals surface area (Å²) in [6.07, 6.45) is -4.50. The first kappa shape index (κ1) is 22.9. The molecule has 0 radical (unpaired) electrons. The van der Waals surface area contributed by atoms with Gasteiger partial charge in [-0.1, -0.05) is 6.07 Å². The van der Waals surface area contributed by atoms with Crippen molar-refractivity contribution in [1.82, 2.24) is 10.2 Å². The number of urea groups is 1. The van der Waals surface area contributed by atoms with E-state index in [0.717, 1.165) is 29.2 Å². The molecule has 0 unspecified atom stereocenters. The van der Waals surface area contributed by atoms with Gasteiger partial charge in [0.05, 0.1) is 19.8 Å². The Labute approximate surface area is 181 Å². The third kappa shape index (κ3) is 4.32. The SMILES string of the molecule is COc1ccc([C@@]2(C)NC(=O)N(CC(=O)Nc3ccc(C(F)(F)F)cc3)C2=O)cc1OC. The highest BCUT2D eigenvalue weighted by Gasteiger charge is 2.49. The monoisotopic (exact) mass is 451 g/mol. The first-order valence-electron chi connectivity index (χ1n) is 9.33. The topological polar surface area (TPSA) is 97.0 Å². The molecule has 1 fully saturated rings. The summed E-state index contributed by atoms with van der Waals surface area (Å²) in [6.45, 7) is 0.872. The number of ether oxygens (including phenoxy) is 2. The number of methoxy groups -OCH3 is 2. The van der Waals surface area contributed by atoms with Gasteiger partial charge in [-0.2, -0.15) is 13.2 Å². The average molecular weight is 451 g/mol. The fraction of sp³-hybridized carbons (Fsp3) is 0.286. The normalized spacial score (nSPS) is 18.4. The van der Waals surface area contributed by atoms with Crippen molar-refractivity contribution in [1.29, 1.82) is 0 Å². The van der Waals surface area contributed by atoms with E-state index in [2.05, 4.69) is 10.6 Å². The van der Waals surface area contributed by atoms with Gasteiger partial charge in [-0.15, -0.1) is 0 Å². The van der Waals surface area contributed by atoms with E-state index in [1.807, 2.05) is 0 Å². The van der Waals surface area contributed by atoms with Crippen LogP contribution in [0.2, 0.25) is 0 Å². The van der Waals surface area contributed by atoms with Crippen LogP contribution in [-0.2, 0) is 21.3 Å². The van der Waals surface area contributed by atoms with Crippen molar-refractivity contribution in [2.45, 2.75) is 18.6 Å². The number of carbonyl (C=O) groups excluding carboxylic acids is 3. The number of amides is 4. The first-order chi connectivity index (χ1) is 15.0. The summed E-state index contributed by atoms with van der Waals surface area (Å²) in [5.74, 6) is -0.627. The number of imide groups is 1. The fourth-order valence-electron chi connectivity index (χ4n) is 3.27. The lowest BCUT2D eigenvalue weighted by Gasteiger charge is -2.23. The Balaban J connectivity index is 1.74. The number of alkyl halides is 3. The number of hydrogen-bond acceptors (Lipinski definition) is 5. The van der Waals surface area contributed by atoms with E-state index in [1.54, 1.807) is 18.2 Å². The number of halogens is 3. The summed E-state index contributed by atoms with van der Waals surface area (Å²) < 4.78 is 48.4. The number of hydrogen-bond donors (Lipinski definition) is 2. The number of anilines is 1. The van der Waals surface area contributed by atoms with Gasteiger partial charge in [-0.05, 0) is 48.9 Å². The van der Waals surface area contributed by atoms with Gasteiger partial charge in [-0.25, -0.2) is 4.79 Å². The Morgan fingerprint density at radius 3 is 2.25 bits per heavy atom. The Kier molecular flexibility index (Phi) is 6.02. The van der Waals surface area contributed by atoms with Crippen LogP contribution in [-0.4, -0.2) is 43.5 Å². The minimum Gasteiger partial charge on any atom is -0.493 e. The second-order valence-electron chi connectivity index (χ2n) is 7.14. The molecule has 3 rings (SSSR count). The van der Waals surface area contributed by atoms with E-state index < -0.39 is 41.7 Å². The van der Waals surface area contributed by atoms with E-state index in [4.69, 9.17) is 9.47 Å². The summed E-state index contributed by atoms with van der Waals surface area (Å²) in [5.41, 5.74) is -1.81. The molecule has 1 aliphatic heterocycles. The van der Waals surface area contributed by atoms with Gasteiger partial charge in [0.25, 0.3) is 5.91 Å². The van der Waals surface area contributed by atoms with Gasteiger partial charge in [0.1, 0.15) is 12.1 Å². The van der Waals surface area contributed by atoms with Gasteiger partial charge in [-0.3, -0.25) is 14.5 Å². The lowest BCUT2D eigenvalue weighted by Crippen LogP contribution is -2.42. The van der Waals surface area contributed by atoms with Crippen LogP contribution in [0.15, 0.2) is 42.5 Å². The fourth-order valence-corrected chi connectivity index (χ4v) is 3.27. The zero-order valence-electron chi connectivity index (χ0n) is 17.4. The molecule has 4 amide bonds. The van der Waals surface area contributed by atoms with Crippen LogP contribution in [0.3, 0.4) is 0 Å². The minimum atomic E-state index is -4.50. The molecule has 0 aliphatic carbocycles. The highest BCUT2D eigenvalue weighted by molar-refractivity contribution is 6.10. The Bertz CT molecular complexity index is 1060. The summed E-state index contributed by atoms with van der Waals surface area (Å²) in [6, 6.07) is 7.73. The first-order valence-corrected chi connectivity index (χ1v) is 9.33. The van der Waals surface area contributed by atoms with E-state index >= 15 is 0 Å². The third-order valence-corrected chi connectivity index (χ3v) is 5.03. The van der Waals surface area contributed by atoms with Crippen molar-refractivity contribution in [2.24, 2.45) is 0 Å². The van der Waals surface area contributed by atoms with Crippen molar-refractivity contribution in [3.8, 4) is 11.5 Å². The van der Waals surface area contributed by atoms with E-state index in [-0.39, 0.29) is 5.69 Å². The number of nitrogens with zero attached hydrogens (tertiary/aromatic N) is 1. The number of nitrogens with one attached hydrogen (secondary N) is 2. The third-order valence-electron chi connectivity index (χ3n) is 5.03. The molecule has 32 heavy (non-hydrogen) atoms. The maximum Gasteiger partial charge on any atom is 0.416 e. The minimum absolute atomic E-state index is 0.0951. The predicted molar refractivity (Wildman–Crippen MR) is 107 cm³/mol. The molecule has 0 spiro atoms. The zero-order valence-corrected chi connectivity index (χ0v) is 17.4. The van der Waals surface area contributed by atoms with Gasteiger partial charge >= 0.3 is 12.2 Å². The van der Waals surface area contributed by atoms with Crippen molar-refractivity contribution in [3.05, 3.63) is 53.6 Å². The molecule has 170 valence electrons. The van der Waals surface area contributed by atoms with E-state index in [1.165, 1.54) is 21.1 Å². The summed E-state index contributed by atoms with van der Waals surface area (Å²) in [4.78, 5) is 38.5. The number of carbonyl (C=O) groups is 3. The van der Waals surface area contributed by atoms with Crippen LogP contribution < -0.4 is 20.1 Å². The molecule has 1 saturated heterocycles. The number of benzene rings is 2. The molecular formula is C21H20F3N3O5. The lowest BCUT2D eigenvalue weighted by atomic mass is 9.91. The molecule has 2 aromatic rings. The van der Waals surface area contributed by atoms with Gasteiger partial charge in [0.15, 0.2) is 11.5 Å². The highest BCUT2D eigenvalue weighted by atomic mass is 19.4. The van der Waals surface area contributed by atoms with Crippen LogP contribution in [0.25, 0.3) is 0 Å². The summed E-state index contributed by atoms with van der Waals surface area (Å²) in [5, 5.41) is 4.94. The maximum atomic E-state index is 13.0. The molecule has 1 aliphatic rings. The molecule has 1 heterocycles. The molecule has 1 atom stereocenters. The summed E-state index contributed by atoms with van der Waals surface area (Å²) in [7, 11) is 2.88. The van der Waals surface area contributed by atoms with Crippen molar-refractivity contribution in [2.75, 3.05) is 26.1 Å². The van der Waals surface area contributed by atoms with E-state index in [0.29, 0.717) is 17.1 Å². The Morgan fingerprint density at radius 1 is 1.06 bits per heavy atom. The van der Waals surface area contributed by atoms with Gasteiger partial charge in [0, 0.05) is 5.69 Å². The lowest BCUT2D eigenvalue weighted by molar-refractivity contribution is -0.137. The molecule has 0 aromatic heterocycles. The Morgan fingerprint density at radius 2 is 1.69 bits per heavy atom.